The van der Waals surface area contributed by atoms with Gasteiger partial charge in [0.1, 0.15) is 17.4 Å². The van der Waals surface area contributed by atoms with Crippen molar-refractivity contribution in [2.75, 3.05) is 16.5 Å². The van der Waals surface area contributed by atoms with E-state index in [0.717, 1.165) is 23.2 Å². The molecule has 0 unspecified atom stereocenters. The molecule has 1 amide bonds. The Bertz CT molecular complexity index is 1090. The maximum Gasteiger partial charge on any atom is 0.573 e. The van der Waals surface area contributed by atoms with Gasteiger partial charge in [0.15, 0.2) is 5.69 Å². The summed E-state index contributed by atoms with van der Waals surface area (Å²) in [6, 6.07) is 7.02. The number of alkyl halides is 6. The van der Waals surface area contributed by atoms with E-state index < -0.39 is 41.0 Å². The molecule has 0 N–H and O–H groups in total. The fourth-order valence-corrected chi connectivity index (χ4v) is 3.97. The van der Waals surface area contributed by atoms with Crippen LogP contribution in [0, 0.1) is 11.3 Å². The average Bonchev–Trinajstić information content (AvgIpc) is 2.99. The van der Waals surface area contributed by atoms with Gasteiger partial charge in [0, 0.05) is 5.69 Å². The summed E-state index contributed by atoms with van der Waals surface area (Å²) in [6.07, 6.45) is -7.06. The Labute approximate surface area is 177 Å². The lowest BCUT2D eigenvalue weighted by Crippen LogP contribution is -2.54. The summed E-state index contributed by atoms with van der Waals surface area (Å²) < 4.78 is 81.0. The van der Waals surface area contributed by atoms with Crippen LogP contribution in [0.2, 0.25) is 0 Å². The quantitative estimate of drug-likeness (QED) is 0.632. The smallest absolute Gasteiger partial charge is 0.406 e. The fourth-order valence-electron chi connectivity index (χ4n) is 3.97. The van der Waals surface area contributed by atoms with Crippen molar-refractivity contribution < 1.29 is 35.9 Å². The lowest BCUT2D eigenvalue weighted by molar-refractivity contribution is -0.274. The van der Waals surface area contributed by atoms with Gasteiger partial charge in [-0.05, 0) is 49.6 Å². The second-order valence-corrected chi connectivity index (χ2v) is 7.43. The van der Waals surface area contributed by atoms with E-state index in [4.69, 9.17) is 5.26 Å². The van der Waals surface area contributed by atoms with E-state index in [9.17, 15) is 31.1 Å². The first-order chi connectivity index (χ1) is 14.9. The van der Waals surface area contributed by atoms with Gasteiger partial charge in [-0.25, -0.2) is 4.98 Å². The fraction of sp³-hybridized carbons (Fsp3) is 0.350. The lowest BCUT2D eigenvalue weighted by atomic mass is 9.75. The first-order valence-corrected chi connectivity index (χ1v) is 9.37. The minimum atomic E-state index is -4.85. The van der Waals surface area contributed by atoms with Crippen LogP contribution in [0.4, 0.5) is 37.7 Å². The molecule has 1 saturated heterocycles. The first kappa shape index (κ1) is 21.7. The van der Waals surface area contributed by atoms with Gasteiger partial charge < -0.3 is 9.64 Å². The van der Waals surface area contributed by atoms with E-state index in [-0.39, 0.29) is 12.4 Å². The topological polar surface area (TPSA) is 69.5 Å². The molecule has 2 aromatic rings. The largest absolute Gasteiger partial charge is 0.573 e. The number of hydrogen-bond acceptors (Lipinski definition) is 5. The Morgan fingerprint density at radius 1 is 1.06 bits per heavy atom. The third-order valence-corrected chi connectivity index (χ3v) is 5.60. The predicted octanol–water partition coefficient (Wildman–Crippen LogP) is 4.60. The zero-order valence-electron chi connectivity index (χ0n) is 16.2. The number of rotatable bonds is 3. The van der Waals surface area contributed by atoms with E-state index in [2.05, 4.69) is 9.72 Å². The van der Waals surface area contributed by atoms with Gasteiger partial charge in [0.25, 0.3) is 5.91 Å². The standard InChI is InChI=1S/C20H14F6N4O2/c21-19(22,23)15-8-13(10-28-16(15)9-27)29-11-30(18(17(29)31)6-1-7-18)12-2-4-14(5-3-12)32-20(24,25)26/h2-5,8,10H,1,6-7,11H2. The van der Waals surface area contributed by atoms with Crippen molar-refractivity contribution >= 4 is 17.3 Å². The summed E-state index contributed by atoms with van der Waals surface area (Å²) in [5.41, 5.74) is -2.75. The number of amides is 1. The van der Waals surface area contributed by atoms with Gasteiger partial charge >= 0.3 is 12.5 Å². The lowest BCUT2D eigenvalue weighted by Gasteiger charge is -2.43. The second kappa shape index (κ2) is 7.29. The third kappa shape index (κ3) is 3.68. The molecule has 2 aliphatic rings. The molecular formula is C20H14F6N4O2. The van der Waals surface area contributed by atoms with Crippen molar-refractivity contribution in [3.8, 4) is 11.8 Å². The first-order valence-electron chi connectivity index (χ1n) is 9.37. The molecule has 6 nitrogen and oxygen atoms in total. The van der Waals surface area contributed by atoms with Gasteiger partial charge in [0.2, 0.25) is 0 Å². The van der Waals surface area contributed by atoms with Crippen molar-refractivity contribution in [2.24, 2.45) is 0 Å². The third-order valence-electron chi connectivity index (χ3n) is 5.60. The molecule has 1 aromatic heterocycles. The summed E-state index contributed by atoms with van der Waals surface area (Å²) in [5.74, 6) is -0.864. The zero-order valence-corrected chi connectivity index (χ0v) is 16.2. The second-order valence-electron chi connectivity index (χ2n) is 7.43. The molecule has 1 aliphatic heterocycles. The molecule has 2 heterocycles. The molecule has 0 atom stereocenters. The van der Waals surface area contributed by atoms with E-state index in [1.165, 1.54) is 18.2 Å². The molecule has 1 saturated carbocycles. The summed E-state index contributed by atoms with van der Waals surface area (Å²) in [7, 11) is 0. The van der Waals surface area contributed by atoms with Gasteiger partial charge in [-0.2, -0.15) is 18.4 Å². The zero-order chi connectivity index (χ0) is 23.3. The maximum absolute atomic E-state index is 13.3. The van der Waals surface area contributed by atoms with Crippen molar-refractivity contribution in [1.82, 2.24) is 4.98 Å². The molecule has 1 spiro atoms. The number of anilines is 2. The normalized spacial score (nSPS) is 18.0. The van der Waals surface area contributed by atoms with Crippen LogP contribution in [-0.4, -0.2) is 29.5 Å². The molecule has 2 fully saturated rings. The Balaban J connectivity index is 1.67. The van der Waals surface area contributed by atoms with Crippen molar-refractivity contribution in [3.05, 3.63) is 47.8 Å². The van der Waals surface area contributed by atoms with Crippen LogP contribution in [0.15, 0.2) is 36.5 Å². The van der Waals surface area contributed by atoms with Crippen LogP contribution < -0.4 is 14.5 Å². The molecule has 1 aliphatic carbocycles. The summed E-state index contributed by atoms with van der Waals surface area (Å²) >= 11 is 0. The van der Waals surface area contributed by atoms with Crippen molar-refractivity contribution in [2.45, 2.75) is 37.3 Å². The highest BCUT2D eigenvalue weighted by atomic mass is 19.4. The number of carbonyl (C=O) groups is 1. The summed E-state index contributed by atoms with van der Waals surface area (Å²) in [4.78, 5) is 19.6. The monoisotopic (exact) mass is 456 g/mol. The number of hydrogen-bond donors (Lipinski definition) is 0. The molecule has 0 bridgehead atoms. The summed E-state index contributed by atoms with van der Waals surface area (Å²) in [5, 5.41) is 8.92. The van der Waals surface area contributed by atoms with E-state index in [1.54, 1.807) is 4.90 Å². The molecule has 1 aromatic carbocycles. The van der Waals surface area contributed by atoms with Gasteiger partial charge in [-0.15, -0.1) is 13.2 Å². The number of benzene rings is 1. The van der Waals surface area contributed by atoms with Crippen LogP contribution in [0.3, 0.4) is 0 Å². The molecule has 0 radical (unpaired) electrons. The predicted molar refractivity (Wildman–Crippen MR) is 98.5 cm³/mol. The molecular weight excluding hydrogens is 442 g/mol. The van der Waals surface area contributed by atoms with Crippen LogP contribution in [-0.2, 0) is 11.0 Å². The Morgan fingerprint density at radius 3 is 2.22 bits per heavy atom. The van der Waals surface area contributed by atoms with Gasteiger partial charge in [-0.1, -0.05) is 0 Å². The summed E-state index contributed by atoms with van der Waals surface area (Å²) in [6.45, 7) is -0.122. The van der Waals surface area contributed by atoms with E-state index in [0.29, 0.717) is 31.0 Å². The SMILES string of the molecule is N#Cc1ncc(N2CN(c3ccc(OC(F)(F)F)cc3)C3(CCC3)C2=O)cc1C(F)(F)F. The van der Waals surface area contributed by atoms with Crippen LogP contribution in [0.5, 0.6) is 5.75 Å². The van der Waals surface area contributed by atoms with Crippen molar-refractivity contribution in [3.63, 3.8) is 0 Å². The minimum Gasteiger partial charge on any atom is -0.406 e. The molecule has 168 valence electrons. The number of aromatic nitrogens is 1. The Morgan fingerprint density at radius 2 is 1.72 bits per heavy atom. The van der Waals surface area contributed by atoms with Crippen molar-refractivity contribution in [1.29, 1.82) is 5.26 Å². The highest BCUT2D eigenvalue weighted by molar-refractivity contribution is 6.06. The minimum absolute atomic E-state index is 0.118. The Kier molecular flexibility index (Phi) is 4.95. The number of nitrogens with zero attached hydrogens (tertiary/aromatic N) is 4. The molecule has 32 heavy (non-hydrogen) atoms. The van der Waals surface area contributed by atoms with Crippen LogP contribution in [0.1, 0.15) is 30.5 Å². The molecule has 12 heteroatoms. The maximum atomic E-state index is 13.3. The number of ether oxygens (including phenoxy) is 1. The van der Waals surface area contributed by atoms with E-state index >= 15 is 0 Å². The number of carbonyl (C=O) groups excluding carboxylic acids is 1. The number of halogens is 6. The Hall–Kier alpha value is -3.49. The van der Waals surface area contributed by atoms with E-state index in [1.807, 2.05) is 0 Å². The van der Waals surface area contributed by atoms with Crippen LogP contribution in [0.25, 0.3) is 0 Å². The average molecular weight is 456 g/mol. The highest BCUT2D eigenvalue weighted by Crippen LogP contribution is 2.47. The van der Waals surface area contributed by atoms with Gasteiger partial charge in [0.05, 0.1) is 24.1 Å². The number of pyridine rings is 1. The highest BCUT2D eigenvalue weighted by Gasteiger charge is 2.56. The molecule has 4 rings (SSSR count). The van der Waals surface area contributed by atoms with Gasteiger partial charge in [-0.3, -0.25) is 9.69 Å². The van der Waals surface area contributed by atoms with Crippen LogP contribution >= 0.6 is 0 Å². The number of nitriles is 1.